The summed E-state index contributed by atoms with van der Waals surface area (Å²) in [4.78, 5) is 16.1. The molecular formula is C21H22F3N3O2. The van der Waals surface area contributed by atoms with Crippen molar-refractivity contribution in [3.63, 3.8) is 0 Å². The molecular weight excluding hydrogens is 383 g/mol. The summed E-state index contributed by atoms with van der Waals surface area (Å²) in [6.45, 7) is 2.89. The maximum Gasteiger partial charge on any atom is 0.418 e. The zero-order chi connectivity index (χ0) is 20.4. The molecule has 5 nitrogen and oxygen atoms in total. The number of alkyl halides is 3. The molecule has 2 aromatic carbocycles. The molecule has 0 saturated carbocycles. The zero-order valence-electron chi connectivity index (χ0n) is 15.8. The molecule has 0 radical (unpaired) electrons. The highest BCUT2D eigenvalue weighted by atomic mass is 19.4. The Labute approximate surface area is 167 Å². The van der Waals surface area contributed by atoms with E-state index in [1.807, 2.05) is 29.2 Å². The lowest BCUT2D eigenvalue weighted by Crippen LogP contribution is -2.39. The fourth-order valence-corrected chi connectivity index (χ4v) is 3.76. The topological polar surface area (TPSA) is 44.8 Å². The Bertz CT molecular complexity index is 895. The highest BCUT2D eigenvalue weighted by Crippen LogP contribution is 2.37. The fraction of sp³-hybridized carbons (Fsp3) is 0.381. The van der Waals surface area contributed by atoms with Crippen molar-refractivity contribution in [2.24, 2.45) is 0 Å². The molecule has 2 amide bonds. The Kier molecular flexibility index (Phi) is 5.36. The van der Waals surface area contributed by atoms with Crippen molar-refractivity contribution in [2.45, 2.75) is 19.1 Å². The molecule has 2 heterocycles. The van der Waals surface area contributed by atoms with E-state index in [9.17, 15) is 18.0 Å². The number of urea groups is 1. The quantitative estimate of drug-likeness (QED) is 0.817. The maximum atomic E-state index is 13.7. The van der Waals surface area contributed by atoms with Crippen LogP contribution in [0.3, 0.4) is 0 Å². The number of hydrogen-bond acceptors (Lipinski definition) is 3. The Morgan fingerprint density at radius 3 is 2.45 bits per heavy atom. The van der Waals surface area contributed by atoms with Crippen molar-refractivity contribution in [3.05, 3.63) is 59.2 Å². The Morgan fingerprint density at radius 2 is 1.72 bits per heavy atom. The van der Waals surface area contributed by atoms with Crippen LogP contribution in [0.2, 0.25) is 0 Å². The van der Waals surface area contributed by atoms with Gasteiger partial charge in [-0.25, -0.2) is 4.79 Å². The molecule has 2 aliphatic rings. The molecule has 29 heavy (non-hydrogen) atoms. The number of ether oxygens (including phenoxy) is 1. The summed E-state index contributed by atoms with van der Waals surface area (Å²) in [7, 11) is 0. The number of anilines is 2. The number of rotatable bonds is 2. The van der Waals surface area contributed by atoms with Crippen molar-refractivity contribution in [1.29, 1.82) is 0 Å². The first-order valence-electron chi connectivity index (χ1n) is 9.58. The van der Waals surface area contributed by atoms with Crippen LogP contribution >= 0.6 is 0 Å². The molecule has 2 aliphatic heterocycles. The average molecular weight is 405 g/mol. The molecule has 8 heteroatoms. The van der Waals surface area contributed by atoms with Gasteiger partial charge in [0.25, 0.3) is 0 Å². The van der Waals surface area contributed by atoms with Crippen molar-refractivity contribution in [2.75, 3.05) is 43.1 Å². The molecule has 0 bridgehead atoms. The minimum atomic E-state index is -4.57. The lowest BCUT2D eigenvalue weighted by molar-refractivity contribution is -0.136. The van der Waals surface area contributed by atoms with Gasteiger partial charge in [-0.1, -0.05) is 24.3 Å². The largest absolute Gasteiger partial charge is 0.418 e. The Hall–Kier alpha value is -2.74. The van der Waals surface area contributed by atoms with E-state index in [4.69, 9.17) is 4.74 Å². The molecule has 0 unspecified atom stereocenters. The Morgan fingerprint density at radius 1 is 1.00 bits per heavy atom. The first-order valence-corrected chi connectivity index (χ1v) is 9.58. The van der Waals surface area contributed by atoms with Crippen molar-refractivity contribution in [1.82, 2.24) is 4.90 Å². The van der Waals surface area contributed by atoms with E-state index < -0.39 is 17.8 Å². The van der Waals surface area contributed by atoms with E-state index in [0.717, 1.165) is 11.6 Å². The number of nitrogens with one attached hydrogen (secondary N) is 1. The van der Waals surface area contributed by atoms with E-state index >= 15 is 0 Å². The first kappa shape index (κ1) is 19.6. The summed E-state index contributed by atoms with van der Waals surface area (Å²) in [6.07, 6.45) is -3.88. The van der Waals surface area contributed by atoms with Crippen LogP contribution in [0, 0.1) is 0 Å². The van der Waals surface area contributed by atoms with Gasteiger partial charge in [-0.05, 0) is 35.7 Å². The second kappa shape index (κ2) is 7.94. The highest BCUT2D eigenvalue weighted by Gasteiger charge is 2.35. The van der Waals surface area contributed by atoms with Gasteiger partial charge in [0.05, 0.1) is 24.5 Å². The third kappa shape index (κ3) is 4.32. The fourth-order valence-electron chi connectivity index (χ4n) is 3.76. The van der Waals surface area contributed by atoms with Gasteiger partial charge in [0.15, 0.2) is 0 Å². The van der Waals surface area contributed by atoms with Crippen LogP contribution < -0.4 is 10.2 Å². The van der Waals surface area contributed by atoms with E-state index in [0.29, 0.717) is 51.5 Å². The second-order valence-corrected chi connectivity index (χ2v) is 7.20. The lowest BCUT2D eigenvalue weighted by Gasteiger charge is -2.31. The van der Waals surface area contributed by atoms with Gasteiger partial charge >= 0.3 is 12.2 Å². The number of hydrogen-bond donors (Lipinski definition) is 1. The number of carbonyl (C=O) groups is 1. The smallest absolute Gasteiger partial charge is 0.378 e. The number of nitrogens with zero attached hydrogens (tertiary/aromatic N) is 2. The molecule has 1 fully saturated rings. The molecule has 1 N–H and O–H groups in total. The molecule has 4 rings (SSSR count). The lowest BCUT2D eigenvalue weighted by atomic mass is 10.0. The number of benzene rings is 2. The molecule has 0 aromatic heterocycles. The minimum absolute atomic E-state index is 0.224. The van der Waals surface area contributed by atoms with Gasteiger partial charge in [-0.3, -0.25) is 0 Å². The predicted octanol–water partition coefficient (Wildman–Crippen LogP) is 4.13. The average Bonchev–Trinajstić information content (AvgIpc) is 2.73. The highest BCUT2D eigenvalue weighted by molar-refractivity contribution is 5.91. The van der Waals surface area contributed by atoms with Crippen LogP contribution in [0.4, 0.5) is 29.3 Å². The van der Waals surface area contributed by atoms with Gasteiger partial charge in [-0.2, -0.15) is 13.2 Å². The summed E-state index contributed by atoms with van der Waals surface area (Å²) >= 11 is 0. The van der Waals surface area contributed by atoms with Crippen LogP contribution in [0.1, 0.15) is 16.7 Å². The molecule has 154 valence electrons. The van der Waals surface area contributed by atoms with Crippen LogP contribution in [-0.4, -0.2) is 43.8 Å². The van der Waals surface area contributed by atoms with Gasteiger partial charge in [0, 0.05) is 31.9 Å². The van der Waals surface area contributed by atoms with Crippen LogP contribution in [0.15, 0.2) is 42.5 Å². The summed E-state index contributed by atoms with van der Waals surface area (Å²) in [6, 6.07) is 11.3. The number of fused-ring (bicyclic) bond motifs is 1. The maximum absolute atomic E-state index is 13.7. The molecule has 0 spiro atoms. The number of amides is 2. The molecule has 2 aromatic rings. The molecule has 0 atom stereocenters. The Balaban J connectivity index is 1.54. The third-order valence-electron chi connectivity index (χ3n) is 5.34. The van der Waals surface area contributed by atoms with Crippen molar-refractivity contribution in [3.8, 4) is 0 Å². The third-order valence-corrected chi connectivity index (χ3v) is 5.34. The standard InChI is InChI=1S/C21H22F3N3O2/c22-21(23,24)18-13-17(26-9-11-29-12-10-26)5-6-19(18)25-20(28)27-8-7-15-3-1-2-4-16(15)14-27/h1-6,13H,7-12,14H2,(H,25,28). The SMILES string of the molecule is O=C(Nc1ccc(N2CCOCC2)cc1C(F)(F)F)N1CCc2ccccc2C1. The van der Waals surface area contributed by atoms with Crippen LogP contribution in [0.5, 0.6) is 0 Å². The normalized spacial score (nSPS) is 17.1. The monoisotopic (exact) mass is 405 g/mol. The number of halogens is 3. The van der Waals surface area contributed by atoms with Gasteiger partial charge in [0.1, 0.15) is 0 Å². The van der Waals surface area contributed by atoms with Crippen molar-refractivity contribution < 1.29 is 22.7 Å². The number of carbonyl (C=O) groups excluding carboxylic acids is 1. The van der Waals surface area contributed by atoms with E-state index in [-0.39, 0.29) is 5.69 Å². The molecule has 1 saturated heterocycles. The van der Waals surface area contributed by atoms with E-state index in [1.165, 1.54) is 11.6 Å². The van der Waals surface area contributed by atoms with Crippen LogP contribution in [0.25, 0.3) is 0 Å². The number of morpholine rings is 1. The predicted molar refractivity (Wildman–Crippen MR) is 104 cm³/mol. The minimum Gasteiger partial charge on any atom is -0.378 e. The first-order chi connectivity index (χ1) is 13.9. The van der Waals surface area contributed by atoms with E-state index in [2.05, 4.69) is 5.32 Å². The van der Waals surface area contributed by atoms with Gasteiger partial charge in [-0.15, -0.1) is 0 Å². The van der Waals surface area contributed by atoms with Gasteiger partial charge in [0.2, 0.25) is 0 Å². The zero-order valence-corrected chi connectivity index (χ0v) is 15.8. The summed E-state index contributed by atoms with van der Waals surface area (Å²) in [5, 5.41) is 2.47. The van der Waals surface area contributed by atoms with Crippen LogP contribution in [-0.2, 0) is 23.9 Å². The van der Waals surface area contributed by atoms with E-state index in [1.54, 1.807) is 11.0 Å². The van der Waals surface area contributed by atoms with Gasteiger partial charge < -0.3 is 19.9 Å². The molecule has 0 aliphatic carbocycles. The second-order valence-electron chi connectivity index (χ2n) is 7.20. The van der Waals surface area contributed by atoms with Crippen molar-refractivity contribution >= 4 is 17.4 Å². The summed E-state index contributed by atoms with van der Waals surface area (Å²) < 4.78 is 46.3. The summed E-state index contributed by atoms with van der Waals surface area (Å²) in [5.41, 5.74) is 1.60. The summed E-state index contributed by atoms with van der Waals surface area (Å²) in [5.74, 6) is 0.